The number of halogens is 4. The predicted octanol–water partition coefficient (Wildman–Crippen LogP) is 6.56. The van der Waals surface area contributed by atoms with Gasteiger partial charge in [-0.3, -0.25) is 0 Å². The molecule has 0 bridgehead atoms. The fourth-order valence-electron chi connectivity index (χ4n) is 3.76. The number of rotatable bonds is 6. The summed E-state index contributed by atoms with van der Waals surface area (Å²) in [5.74, 6) is 1.06. The van der Waals surface area contributed by atoms with E-state index in [2.05, 4.69) is 36.4 Å². The summed E-state index contributed by atoms with van der Waals surface area (Å²) in [5, 5.41) is 11.5. The van der Waals surface area contributed by atoms with Crippen LogP contribution >= 0.6 is 43.5 Å². The Bertz CT molecular complexity index is 1330. The Morgan fingerprint density at radius 1 is 1.15 bits per heavy atom. The van der Waals surface area contributed by atoms with E-state index in [4.69, 9.17) is 21.3 Å². The van der Waals surface area contributed by atoms with E-state index in [1.807, 2.05) is 49.3 Å². The largest absolute Gasteiger partial charge is 0.497 e. The lowest BCUT2D eigenvalue weighted by Crippen LogP contribution is -2.16. The van der Waals surface area contributed by atoms with Crippen LogP contribution in [-0.2, 0) is 6.54 Å². The Balaban J connectivity index is 1.90. The van der Waals surface area contributed by atoms with Crippen molar-refractivity contribution in [3.05, 3.63) is 85.0 Å². The Hall–Kier alpha value is -2.13. The summed E-state index contributed by atoms with van der Waals surface area (Å²) in [6.07, 6.45) is -1.16. The zero-order chi connectivity index (χ0) is 23.9. The van der Waals surface area contributed by atoms with Gasteiger partial charge in [-0.05, 0) is 57.9 Å². The molecule has 1 unspecified atom stereocenters. The molecule has 0 aliphatic heterocycles. The summed E-state index contributed by atoms with van der Waals surface area (Å²) in [6.45, 7) is 0.546. The van der Waals surface area contributed by atoms with Crippen LogP contribution in [0.5, 0.6) is 5.75 Å². The summed E-state index contributed by atoms with van der Waals surface area (Å²) < 4.78 is 22.5. The van der Waals surface area contributed by atoms with Crippen molar-refractivity contribution in [1.29, 1.82) is 0 Å². The number of aromatic nitrogens is 2. The number of aliphatic hydroxyl groups excluding tert-OH is 1. The van der Waals surface area contributed by atoms with Gasteiger partial charge in [0.15, 0.2) is 0 Å². The van der Waals surface area contributed by atoms with Gasteiger partial charge in [0.05, 0.1) is 29.2 Å². The SMILES string of the molecule is COc1ccc(Cn2c(N(C)C)nc3cc(Br)c(C(O)c4cc(F)ccc4Cl)c(Br)c32)cc1. The van der Waals surface area contributed by atoms with E-state index in [1.165, 1.54) is 18.2 Å². The number of benzene rings is 3. The first-order valence-electron chi connectivity index (χ1n) is 10.0. The molecule has 1 atom stereocenters. The minimum atomic E-state index is -1.16. The lowest BCUT2D eigenvalue weighted by atomic mass is 10.0. The van der Waals surface area contributed by atoms with E-state index in [-0.39, 0.29) is 10.6 Å². The van der Waals surface area contributed by atoms with E-state index in [0.717, 1.165) is 28.3 Å². The highest BCUT2D eigenvalue weighted by molar-refractivity contribution is 9.11. The van der Waals surface area contributed by atoms with Crippen molar-refractivity contribution in [2.75, 3.05) is 26.1 Å². The molecule has 1 aromatic heterocycles. The van der Waals surface area contributed by atoms with Crippen LogP contribution in [0.25, 0.3) is 11.0 Å². The molecule has 1 heterocycles. The first-order chi connectivity index (χ1) is 15.7. The van der Waals surface area contributed by atoms with E-state index in [9.17, 15) is 9.50 Å². The second-order valence-corrected chi connectivity index (χ2v) is 9.82. The molecule has 0 saturated carbocycles. The van der Waals surface area contributed by atoms with Crippen molar-refractivity contribution in [3.8, 4) is 5.75 Å². The second kappa shape index (κ2) is 9.62. The van der Waals surface area contributed by atoms with Crippen molar-refractivity contribution in [2.24, 2.45) is 0 Å². The average molecular weight is 598 g/mol. The van der Waals surface area contributed by atoms with Crippen LogP contribution in [0.2, 0.25) is 5.02 Å². The Labute approximate surface area is 213 Å². The smallest absolute Gasteiger partial charge is 0.206 e. The molecule has 1 N–H and O–H groups in total. The molecular weight excluding hydrogens is 577 g/mol. The second-order valence-electron chi connectivity index (χ2n) is 7.76. The standard InChI is InChI=1S/C24H21Br2ClFN3O2/c1-30(2)24-29-19-11-17(25)20(23(32)16-10-14(28)6-9-18(16)27)21(26)22(19)31(24)12-13-4-7-15(33-3)8-5-13/h4-11,23,32H,12H2,1-3H3. The number of fused-ring (bicyclic) bond motifs is 1. The van der Waals surface area contributed by atoms with Gasteiger partial charge in [0.1, 0.15) is 17.7 Å². The number of hydrogen-bond acceptors (Lipinski definition) is 4. The molecule has 3 aromatic carbocycles. The van der Waals surface area contributed by atoms with Crippen molar-refractivity contribution >= 4 is 60.4 Å². The number of nitrogens with zero attached hydrogens (tertiary/aromatic N) is 3. The van der Waals surface area contributed by atoms with Gasteiger partial charge >= 0.3 is 0 Å². The molecule has 0 amide bonds. The van der Waals surface area contributed by atoms with Gasteiger partial charge in [-0.15, -0.1) is 0 Å². The summed E-state index contributed by atoms with van der Waals surface area (Å²) in [6, 6.07) is 13.6. The van der Waals surface area contributed by atoms with Crippen molar-refractivity contribution < 1.29 is 14.2 Å². The topological polar surface area (TPSA) is 50.5 Å². The number of imidazole rings is 1. The fourth-order valence-corrected chi connectivity index (χ4v) is 5.72. The first kappa shape index (κ1) is 24.0. The molecule has 0 aliphatic carbocycles. The maximum Gasteiger partial charge on any atom is 0.206 e. The molecule has 0 aliphatic rings. The van der Waals surface area contributed by atoms with Crippen molar-refractivity contribution in [2.45, 2.75) is 12.6 Å². The third-order valence-electron chi connectivity index (χ3n) is 5.37. The average Bonchev–Trinajstić information content (AvgIpc) is 3.14. The lowest BCUT2D eigenvalue weighted by molar-refractivity contribution is 0.218. The number of anilines is 1. The maximum absolute atomic E-state index is 13.9. The van der Waals surface area contributed by atoms with Gasteiger partial charge in [-0.1, -0.05) is 39.7 Å². The van der Waals surface area contributed by atoms with Crippen LogP contribution in [-0.4, -0.2) is 35.9 Å². The Kier molecular flexibility index (Phi) is 7.00. The van der Waals surface area contributed by atoms with Gasteiger partial charge < -0.3 is 19.3 Å². The molecule has 172 valence electrons. The minimum Gasteiger partial charge on any atom is -0.497 e. The van der Waals surface area contributed by atoms with E-state index in [1.54, 1.807) is 7.11 Å². The Morgan fingerprint density at radius 2 is 1.85 bits per heavy atom. The minimum absolute atomic E-state index is 0.281. The van der Waals surface area contributed by atoms with Gasteiger partial charge in [0.25, 0.3) is 0 Å². The third-order valence-corrected chi connectivity index (χ3v) is 7.17. The molecule has 4 aromatic rings. The van der Waals surface area contributed by atoms with E-state index >= 15 is 0 Å². The zero-order valence-electron chi connectivity index (χ0n) is 18.1. The number of aliphatic hydroxyl groups is 1. The van der Waals surface area contributed by atoms with Crippen molar-refractivity contribution in [3.63, 3.8) is 0 Å². The van der Waals surface area contributed by atoms with E-state index < -0.39 is 11.9 Å². The molecule has 0 fully saturated rings. The van der Waals surface area contributed by atoms with Crippen LogP contribution in [0.1, 0.15) is 22.8 Å². The third kappa shape index (κ3) is 4.62. The van der Waals surface area contributed by atoms with Crippen LogP contribution in [0.3, 0.4) is 0 Å². The quantitative estimate of drug-likeness (QED) is 0.274. The normalized spacial score (nSPS) is 12.2. The molecule has 0 radical (unpaired) electrons. The summed E-state index contributed by atoms with van der Waals surface area (Å²) in [4.78, 5) is 6.74. The van der Waals surface area contributed by atoms with Crippen LogP contribution < -0.4 is 9.64 Å². The molecule has 4 rings (SSSR count). The van der Waals surface area contributed by atoms with Crippen LogP contribution in [0.4, 0.5) is 10.3 Å². The fraction of sp³-hybridized carbons (Fsp3) is 0.208. The maximum atomic E-state index is 13.9. The van der Waals surface area contributed by atoms with E-state index in [0.29, 0.717) is 21.1 Å². The first-order valence-corrected chi connectivity index (χ1v) is 12.0. The van der Waals surface area contributed by atoms with Crippen LogP contribution in [0.15, 0.2) is 57.5 Å². The van der Waals surface area contributed by atoms with Gasteiger partial charge in [0.2, 0.25) is 5.95 Å². The Morgan fingerprint density at radius 3 is 2.48 bits per heavy atom. The zero-order valence-corrected chi connectivity index (χ0v) is 22.0. The number of ether oxygens (including phenoxy) is 1. The summed E-state index contributed by atoms with van der Waals surface area (Å²) in [7, 11) is 5.49. The van der Waals surface area contributed by atoms with Crippen LogP contribution in [0, 0.1) is 5.82 Å². The number of hydrogen-bond donors (Lipinski definition) is 1. The predicted molar refractivity (Wildman–Crippen MR) is 137 cm³/mol. The summed E-state index contributed by atoms with van der Waals surface area (Å²) in [5.41, 5.74) is 3.43. The molecule has 9 heteroatoms. The highest BCUT2D eigenvalue weighted by Crippen LogP contribution is 2.42. The lowest BCUT2D eigenvalue weighted by Gasteiger charge is -2.19. The summed E-state index contributed by atoms with van der Waals surface area (Å²) >= 11 is 13.5. The molecule has 0 saturated heterocycles. The molecular formula is C24H21Br2ClFN3O2. The molecule has 5 nitrogen and oxygen atoms in total. The molecule has 0 spiro atoms. The molecule has 33 heavy (non-hydrogen) atoms. The number of methoxy groups -OCH3 is 1. The monoisotopic (exact) mass is 595 g/mol. The highest BCUT2D eigenvalue weighted by Gasteiger charge is 2.25. The highest BCUT2D eigenvalue weighted by atomic mass is 79.9. The van der Waals surface area contributed by atoms with Gasteiger partial charge in [-0.2, -0.15) is 0 Å². The van der Waals surface area contributed by atoms with Crippen molar-refractivity contribution in [1.82, 2.24) is 9.55 Å². The van der Waals surface area contributed by atoms with Gasteiger partial charge in [-0.25, -0.2) is 9.37 Å². The van der Waals surface area contributed by atoms with Gasteiger partial charge in [0, 0.05) is 34.7 Å².